The SMILES string of the molecule is CONC(=O)Cc1c(Br)oc2cc(C)ccc12. The molecule has 2 aromatic rings. The van der Waals surface area contributed by atoms with Gasteiger partial charge in [0.25, 0.3) is 0 Å². The highest BCUT2D eigenvalue weighted by atomic mass is 79.9. The molecule has 0 saturated carbocycles. The average molecular weight is 298 g/mol. The number of carbonyl (C=O) groups excluding carboxylic acids is 1. The maximum absolute atomic E-state index is 11.5. The second-order valence-corrected chi connectivity index (χ2v) is 4.48. The number of halogens is 1. The standard InChI is InChI=1S/C12H12BrNO3/c1-7-3-4-8-9(6-11(15)14-16-2)12(13)17-10(8)5-7/h3-5H,6H2,1-2H3,(H,14,15). The molecule has 0 unspecified atom stereocenters. The third kappa shape index (κ3) is 2.50. The van der Waals surface area contributed by atoms with Crippen molar-refractivity contribution in [2.24, 2.45) is 0 Å². The summed E-state index contributed by atoms with van der Waals surface area (Å²) in [6.07, 6.45) is 0.213. The fourth-order valence-electron chi connectivity index (χ4n) is 1.70. The summed E-state index contributed by atoms with van der Waals surface area (Å²) in [6.45, 7) is 1.99. The molecule has 0 aliphatic carbocycles. The van der Waals surface area contributed by atoms with Crippen LogP contribution in [0.1, 0.15) is 11.1 Å². The number of rotatable bonds is 3. The lowest BCUT2D eigenvalue weighted by molar-refractivity contribution is -0.130. The molecule has 1 aromatic carbocycles. The monoisotopic (exact) mass is 297 g/mol. The van der Waals surface area contributed by atoms with E-state index in [2.05, 4.69) is 26.2 Å². The Bertz CT molecular complexity index is 562. The van der Waals surface area contributed by atoms with Gasteiger partial charge in [0.2, 0.25) is 5.91 Å². The number of fused-ring (bicyclic) bond motifs is 1. The van der Waals surface area contributed by atoms with E-state index in [1.54, 1.807) is 0 Å². The van der Waals surface area contributed by atoms with E-state index >= 15 is 0 Å². The molecule has 0 aliphatic rings. The van der Waals surface area contributed by atoms with Gasteiger partial charge >= 0.3 is 0 Å². The van der Waals surface area contributed by atoms with Gasteiger partial charge in [-0.15, -0.1) is 0 Å². The van der Waals surface area contributed by atoms with Crippen LogP contribution in [0.3, 0.4) is 0 Å². The quantitative estimate of drug-likeness (QED) is 0.886. The largest absolute Gasteiger partial charge is 0.449 e. The van der Waals surface area contributed by atoms with Crippen molar-refractivity contribution in [1.82, 2.24) is 5.48 Å². The number of aryl methyl sites for hydroxylation is 1. The van der Waals surface area contributed by atoms with Crippen LogP contribution in [-0.4, -0.2) is 13.0 Å². The molecule has 5 heteroatoms. The molecule has 0 radical (unpaired) electrons. The number of hydrogen-bond donors (Lipinski definition) is 1. The van der Waals surface area contributed by atoms with Gasteiger partial charge in [0.15, 0.2) is 4.67 Å². The summed E-state index contributed by atoms with van der Waals surface area (Å²) in [5.41, 5.74) is 5.01. The first-order valence-electron chi connectivity index (χ1n) is 5.11. The van der Waals surface area contributed by atoms with Gasteiger partial charge in [0, 0.05) is 10.9 Å². The van der Waals surface area contributed by atoms with Crippen LogP contribution in [0.5, 0.6) is 0 Å². The van der Waals surface area contributed by atoms with Crippen LogP contribution in [0.4, 0.5) is 0 Å². The fourth-order valence-corrected chi connectivity index (χ4v) is 2.23. The van der Waals surface area contributed by atoms with E-state index in [1.807, 2.05) is 25.1 Å². The van der Waals surface area contributed by atoms with Crippen molar-refractivity contribution in [2.45, 2.75) is 13.3 Å². The lowest BCUT2D eigenvalue weighted by Crippen LogP contribution is -2.23. The third-order valence-electron chi connectivity index (χ3n) is 2.45. The molecule has 0 atom stereocenters. The zero-order chi connectivity index (χ0) is 12.4. The molecule has 4 nitrogen and oxygen atoms in total. The molecule has 0 aliphatic heterocycles. The van der Waals surface area contributed by atoms with Crippen LogP contribution >= 0.6 is 15.9 Å². The zero-order valence-electron chi connectivity index (χ0n) is 9.54. The zero-order valence-corrected chi connectivity index (χ0v) is 11.1. The van der Waals surface area contributed by atoms with Gasteiger partial charge in [0.1, 0.15) is 5.58 Å². The van der Waals surface area contributed by atoms with Crippen LogP contribution in [0.2, 0.25) is 0 Å². The minimum atomic E-state index is -0.212. The number of amides is 1. The minimum absolute atomic E-state index is 0.212. The Morgan fingerprint density at radius 1 is 1.53 bits per heavy atom. The third-order valence-corrected chi connectivity index (χ3v) is 3.09. The van der Waals surface area contributed by atoms with Crippen LogP contribution < -0.4 is 5.48 Å². The van der Waals surface area contributed by atoms with Gasteiger partial charge in [-0.2, -0.15) is 0 Å². The van der Waals surface area contributed by atoms with Crippen LogP contribution in [0.25, 0.3) is 11.0 Å². The number of carbonyl (C=O) groups is 1. The Kier molecular flexibility index (Phi) is 3.49. The molecule has 0 fully saturated rings. The fraction of sp³-hybridized carbons (Fsp3) is 0.250. The van der Waals surface area contributed by atoms with E-state index in [1.165, 1.54) is 7.11 Å². The summed E-state index contributed by atoms with van der Waals surface area (Å²) >= 11 is 3.33. The van der Waals surface area contributed by atoms with Gasteiger partial charge in [-0.05, 0) is 34.5 Å². The molecule has 1 N–H and O–H groups in total. The maximum atomic E-state index is 11.5. The van der Waals surface area contributed by atoms with E-state index in [4.69, 9.17) is 4.42 Å². The molecule has 1 amide bonds. The van der Waals surface area contributed by atoms with Crippen molar-refractivity contribution < 1.29 is 14.0 Å². The number of hydroxylamine groups is 1. The minimum Gasteiger partial charge on any atom is -0.449 e. The molecule has 1 aromatic heterocycles. The lowest BCUT2D eigenvalue weighted by Gasteiger charge is -2.00. The van der Waals surface area contributed by atoms with Crippen molar-refractivity contribution in [2.75, 3.05) is 7.11 Å². The van der Waals surface area contributed by atoms with Crippen molar-refractivity contribution in [1.29, 1.82) is 0 Å². The van der Waals surface area contributed by atoms with E-state index in [9.17, 15) is 4.79 Å². The summed E-state index contributed by atoms with van der Waals surface area (Å²) in [7, 11) is 1.41. The summed E-state index contributed by atoms with van der Waals surface area (Å²) in [4.78, 5) is 16.1. The van der Waals surface area contributed by atoms with Gasteiger partial charge in [-0.25, -0.2) is 5.48 Å². The van der Waals surface area contributed by atoms with Gasteiger partial charge in [0.05, 0.1) is 13.5 Å². The molecule has 0 saturated heterocycles. The number of hydrogen-bond acceptors (Lipinski definition) is 3. The second kappa shape index (κ2) is 4.89. The average Bonchev–Trinajstić information content (AvgIpc) is 2.55. The first-order valence-corrected chi connectivity index (χ1v) is 5.90. The Labute approximate surface area is 107 Å². The molecule has 17 heavy (non-hydrogen) atoms. The van der Waals surface area contributed by atoms with Crippen molar-refractivity contribution in [3.8, 4) is 0 Å². The molecule has 0 bridgehead atoms. The van der Waals surface area contributed by atoms with E-state index in [0.717, 1.165) is 22.1 Å². The van der Waals surface area contributed by atoms with Crippen molar-refractivity contribution in [3.05, 3.63) is 34.0 Å². The highest BCUT2D eigenvalue weighted by molar-refractivity contribution is 9.10. The Balaban J connectivity index is 2.39. The smallest absolute Gasteiger partial charge is 0.248 e. The summed E-state index contributed by atoms with van der Waals surface area (Å²) in [6, 6.07) is 5.88. The normalized spacial score (nSPS) is 10.8. The van der Waals surface area contributed by atoms with Crippen LogP contribution in [0.15, 0.2) is 27.3 Å². The van der Waals surface area contributed by atoms with Crippen LogP contribution in [0, 0.1) is 6.92 Å². The summed E-state index contributed by atoms with van der Waals surface area (Å²) in [5, 5.41) is 0.939. The summed E-state index contributed by atoms with van der Waals surface area (Å²) < 4.78 is 6.14. The Morgan fingerprint density at radius 3 is 3.00 bits per heavy atom. The van der Waals surface area contributed by atoms with Gasteiger partial charge in [-0.3, -0.25) is 9.63 Å². The van der Waals surface area contributed by atoms with E-state index in [-0.39, 0.29) is 12.3 Å². The first-order chi connectivity index (χ1) is 8.11. The predicted molar refractivity (Wildman–Crippen MR) is 67.5 cm³/mol. The van der Waals surface area contributed by atoms with Crippen molar-refractivity contribution in [3.63, 3.8) is 0 Å². The van der Waals surface area contributed by atoms with E-state index < -0.39 is 0 Å². The summed E-state index contributed by atoms with van der Waals surface area (Å²) in [5.74, 6) is -0.212. The number of nitrogens with one attached hydrogen (secondary N) is 1. The lowest BCUT2D eigenvalue weighted by atomic mass is 10.1. The highest BCUT2D eigenvalue weighted by Gasteiger charge is 2.15. The Hall–Kier alpha value is -1.33. The number of benzene rings is 1. The topological polar surface area (TPSA) is 51.5 Å². The number of furan rings is 1. The maximum Gasteiger partial charge on any atom is 0.248 e. The van der Waals surface area contributed by atoms with Crippen LogP contribution in [-0.2, 0) is 16.1 Å². The van der Waals surface area contributed by atoms with E-state index in [0.29, 0.717) is 4.67 Å². The predicted octanol–water partition coefficient (Wildman–Crippen LogP) is 2.72. The highest BCUT2D eigenvalue weighted by Crippen LogP contribution is 2.30. The van der Waals surface area contributed by atoms with Gasteiger partial charge in [-0.1, -0.05) is 12.1 Å². The molecule has 2 rings (SSSR count). The first kappa shape index (κ1) is 12.1. The molecule has 1 heterocycles. The van der Waals surface area contributed by atoms with Crippen molar-refractivity contribution >= 4 is 32.8 Å². The molecule has 0 spiro atoms. The van der Waals surface area contributed by atoms with Gasteiger partial charge < -0.3 is 4.42 Å². The Morgan fingerprint density at radius 2 is 2.29 bits per heavy atom. The molecule has 90 valence electrons. The second-order valence-electron chi connectivity index (χ2n) is 3.76. The molecular formula is C12H12BrNO3. The molecular weight excluding hydrogens is 286 g/mol.